The maximum Gasteiger partial charge on any atom is 0.225 e. The average Bonchev–Trinajstić information content (AvgIpc) is 2.90. The molecule has 1 amide bonds. The Kier molecular flexibility index (Phi) is 3.92. The summed E-state index contributed by atoms with van der Waals surface area (Å²) in [5.74, 6) is 2.83. The molecule has 1 N–H and O–H groups in total. The number of carbonyl (C=O) groups excluding carboxylic acids is 1. The molecule has 5 rings (SSSR count). The first kappa shape index (κ1) is 15.2. The first-order valence-electron chi connectivity index (χ1n) is 9.04. The molecule has 0 radical (unpaired) electrons. The molecule has 0 aliphatic heterocycles. The molecule has 4 fully saturated rings. The Bertz CT molecular complexity index is 545. The molecule has 23 heavy (non-hydrogen) atoms. The smallest absolute Gasteiger partial charge is 0.225 e. The zero-order valence-electron chi connectivity index (χ0n) is 14.0. The fourth-order valence-electron chi connectivity index (χ4n) is 5.74. The number of aromatic nitrogens is 2. The highest BCUT2D eigenvalue weighted by Crippen LogP contribution is 2.61. The molecule has 4 bridgehead atoms. The van der Waals surface area contributed by atoms with E-state index in [0.717, 1.165) is 23.4 Å². The van der Waals surface area contributed by atoms with Crippen LogP contribution in [0.15, 0.2) is 12.4 Å². The van der Waals surface area contributed by atoms with Crippen LogP contribution in [0.4, 0.5) is 5.69 Å². The summed E-state index contributed by atoms with van der Waals surface area (Å²) in [6, 6.07) is 0. The van der Waals surface area contributed by atoms with Crippen LogP contribution in [0.1, 0.15) is 51.9 Å². The van der Waals surface area contributed by atoms with E-state index in [4.69, 9.17) is 4.74 Å². The van der Waals surface area contributed by atoms with Gasteiger partial charge < -0.3 is 10.1 Å². The predicted octanol–water partition coefficient (Wildman–Crippen LogP) is 3.42. The highest BCUT2D eigenvalue weighted by atomic mass is 16.5. The fourth-order valence-corrected chi connectivity index (χ4v) is 5.74. The second-order valence-corrected chi connectivity index (χ2v) is 8.03. The fraction of sp³-hybridized carbons (Fsp3) is 0.778. The van der Waals surface area contributed by atoms with Gasteiger partial charge in [-0.1, -0.05) is 0 Å². The Morgan fingerprint density at radius 3 is 2.57 bits per heavy atom. The van der Waals surface area contributed by atoms with Crippen LogP contribution in [0.2, 0.25) is 0 Å². The normalized spacial score (nSPS) is 34.7. The van der Waals surface area contributed by atoms with Crippen LogP contribution in [0.5, 0.6) is 0 Å². The molecule has 4 aliphatic rings. The van der Waals surface area contributed by atoms with Gasteiger partial charge in [-0.3, -0.25) is 4.79 Å². The van der Waals surface area contributed by atoms with E-state index < -0.39 is 0 Å². The second kappa shape index (κ2) is 5.93. The van der Waals surface area contributed by atoms with Gasteiger partial charge in [-0.15, -0.1) is 0 Å². The number of amides is 1. The van der Waals surface area contributed by atoms with Crippen molar-refractivity contribution in [3.63, 3.8) is 0 Å². The van der Waals surface area contributed by atoms with E-state index in [-0.39, 0.29) is 5.91 Å². The molecule has 1 heterocycles. The molecule has 4 aliphatic carbocycles. The van der Waals surface area contributed by atoms with Crippen LogP contribution in [-0.2, 0) is 16.3 Å². The van der Waals surface area contributed by atoms with Gasteiger partial charge >= 0.3 is 0 Å². The number of anilines is 1. The zero-order valence-corrected chi connectivity index (χ0v) is 14.0. The summed E-state index contributed by atoms with van der Waals surface area (Å²) < 4.78 is 7.03. The maximum atomic E-state index is 12.5. The summed E-state index contributed by atoms with van der Waals surface area (Å²) in [7, 11) is 0. The van der Waals surface area contributed by atoms with Crippen molar-refractivity contribution in [1.29, 1.82) is 0 Å². The summed E-state index contributed by atoms with van der Waals surface area (Å²) in [6.45, 7) is 3.05. The SMILES string of the molecule is CCOCn1cc(NC(=O)CC23CC4CC(CC(C4)C2)C3)cn1. The summed E-state index contributed by atoms with van der Waals surface area (Å²) >= 11 is 0. The first-order chi connectivity index (χ1) is 11.1. The number of hydrogen-bond acceptors (Lipinski definition) is 3. The third-order valence-electron chi connectivity index (χ3n) is 6.05. The monoisotopic (exact) mass is 317 g/mol. The van der Waals surface area contributed by atoms with Crippen LogP contribution in [0, 0.1) is 23.2 Å². The topological polar surface area (TPSA) is 56.1 Å². The van der Waals surface area contributed by atoms with Gasteiger partial charge in [0.15, 0.2) is 0 Å². The number of nitrogens with zero attached hydrogens (tertiary/aromatic N) is 2. The highest BCUT2D eigenvalue weighted by molar-refractivity contribution is 5.90. The lowest BCUT2D eigenvalue weighted by molar-refractivity contribution is -0.124. The summed E-state index contributed by atoms with van der Waals surface area (Å²) in [4.78, 5) is 12.5. The third kappa shape index (κ3) is 3.16. The molecule has 0 unspecified atom stereocenters. The Balaban J connectivity index is 1.36. The van der Waals surface area contributed by atoms with Crippen molar-refractivity contribution in [2.75, 3.05) is 11.9 Å². The first-order valence-corrected chi connectivity index (χ1v) is 9.04. The maximum absolute atomic E-state index is 12.5. The van der Waals surface area contributed by atoms with Gasteiger partial charge in [-0.05, 0) is 68.6 Å². The molecule has 0 saturated heterocycles. The number of nitrogens with one attached hydrogen (secondary N) is 1. The van der Waals surface area contributed by atoms with Gasteiger partial charge in [0.05, 0.1) is 18.1 Å². The highest BCUT2D eigenvalue weighted by Gasteiger charge is 2.51. The zero-order chi connectivity index (χ0) is 15.9. The van der Waals surface area contributed by atoms with E-state index >= 15 is 0 Å². The van der Waals surface area contributed by atoms with Crippen LogP contribution >= 0.6 is 0 Å². The van der Waals surface area contributed by atoms with Gasteiger partial charge in [0.25, 0.3) is 0 Å². The lowest BCUT2D eigenvalue weighted by Gasteiger charge is -2.56. The minimum atomic E-state index is 0.155. The molecule has 0 spiro atoms. The molecule has 0 aromatic carbocycles. The van der Waals surface area contributed by atoms with Crippen molar-refractivity contribution in [2.24, 2.45) is 23.2 Å². The molecule has 5 nitrogen and oxygen atoms in total. The minimum absolute atomic E-state index is 0.155. The van der Waals surface area contributed by atoms with E-state index in [1.807, 2.05) is 13.1 Å². The summed E-state index contributed by atoms with van der Waals surface area (Å²) in [5.41, 5.74) is 1.07. The van der Waals surface area contributed by atoms with Crippen LogP contribution in [0.3, 0.4) is 0 Å². The van der Waals surface area contributed by atoms with Gasteiger partial charge in [0.2, 0.25) is 5.91 Å². The standard InChI is InChI=1S/C18H27N3O2/c1-2-23-12-21-11-16(10-19-21)20-17(22)9-18-6-13-3-14(7-18)5-15(4-13)8-18/h10-11,13-15H,2-9,12H2,1H3,(H,20,22). The molecule has 1 aromatic rings. The quantitative estimate of drug-likeness (QED) is 0.874. The molecule has 1 aromatic heterocycles. The number of hydrogen-bond donors (Lipinski definition) is 1. The van der Waals surface area contributed by atoms with Crippen molar-refractivity contribution in [3.05, 3.63) is 12.4 Å². The summed E-state index contributed by atoms with van der Waals surface area (Å²) in [6.07, 6.45) is 12.3. The van der Waals surface area contributed by atoms with Crippen molar-refractivity contribution in [1.82, 2.24) is 9.78 Å². The number of rotatable bonds is 6. The largest absolute Gasteiger partial charge is 0.360 e. The Hall–Kier alpha value is -1.36. The van der Waals surface area contributed by atoms with Crippen molar-refractivity contribution < 1.29 is 9.53 Å². The van der Waals surface area contributed by atoms with Gasteiger partial charge in [-0.2, -0.15) is 5.10 Å². The average molecular weight is 317 g/mol. The van der Waals surface area contributed by atoms with Crippen LogP contribution < -0.4 is 5.32 Å². The van der Waals surface area contributed by atoms with E-state index in [1.165, 1.54) is 38.5 Å². The van der Waals surface area contributed by atoms with E-state index in [2.05, 4.69) is 10.4 Å². The minimum Gasteiger partial charge on any atom is -0.360 e. The Labute approximate surface area is 137 Å². The molecular formula is C18H27N3O2. The molecule has 126 valence electrons. The van der Waals surface area contributed by atoms with Gasteiger partial charge in [0.1, 0.15) is 6.73 Å². The van der Waals surface area contributed by atoms with Crippen molar-refractivity contribution >= 4 is 11.6 Å². The molecule has 4 saturated carbocycles. The van der Waals surface area contributed by atoms with E-state index in [0.29, 0.717) is 25.2 Å². The summed E-state index contributed by atoms with van der Waals surface area (Å²) in [5, 5.41) is 7.25. The lowest BCUT2D eigenvalue weighted by atomic mass is 9.49. The third-order valence-corrected chi connectivity index (χ3v) is 6.05. The molecular weight excluding hydrogens is 290 g/mol. The van der Waals surface area contributed by atoms with Crippen molar-refractivity contribution in [2.45, 2.75) is 58.6 Å². The van der Waals surface area contributed by atoms with Crippen molar-refractivity contribution in [3.8, 4) is 0 Å². The Morgan fingerprint density at radius 1 is 1.30 bits per heavy atom. The molecule has 5 heteroatoms. The lowest BCUT2D eigenvalue weighted by Crippen LogP contribution is -2.47. The second-order valence-electron chi connectivity index (χ2n) is 8.03. The number of carbonyl (C=O) groups is 1. The Morgan fingerprint density at radius 2 is 1.96 bits per heavy atom. The predicted molar refractivity (Wildman–Crippen MR) is 87.7 cm³/mol. The van der Waals surface area contributed by atoms with Gasteiger partial charge in [0, 0.05) is 13.0 Å². The van der Waals surface area contributed by atoms with Crippen LogP contribution in [0.25, 0.3) is 0 Å². The van der Waals surface area contributed by atoms with Gasteiger partial charge in [-0.25, -0.2) is 4.68 Å². The van der Waals surface area contributed by atoms with E-state index in [9.17, 15) is 4.79 Å². The molecule has 0 atom stereocenters. The van der Waals surface area contributed by atoms with E-state index in [1.54, 1.807) is 10.9 Å². The number of ether oxygens (including phenoxy) is 1. The van der Waals surface area contributed by atoms with Crippen LogP contribution in [-0.4, -0.2) is 22.3 Å².